The summed E-state index contributed by atoms with van der Waals surface area (Å²) in [5.41, 5.74) is 3.48. The van der Waals surface area contributed by atoms with Gasteiger partial charge in [0.05, 0.1) is 16.8 Å². The fourth-order valence-corrected chi connectivity index (χ4v) is 3.41. The number of carbonyl (C=O) groups excluding carboxylic acids is 1. The van der Waals surface area contributed by atoms with E-state index in [1.165, 1.54) is 5.56 Å². The number of aryl methyl sites for hydroxylation is 2. The molecule has 3 rings (SSSR count). The van der Waals surface area contributed by atoms with Gasteiger partial charge in [-0.25, -0.2) is 4.79 Å². The molecule has 0 saturated heterocycles. The average molecular weight is 341 g/mol. The lowest BCUT2D eigenvalue weighted by Gasteiger charge is -2.06. The molecule has 1 N–H and O–H groups in total. The Kier molecular flexibility index (Phi) is 4.76. The van der Waals surface area contributed by atoms with Crippen molar-refractivity contribution in [1.29, 1.82) is 0 Å². The molecule has 0 radical (unpaired) electrons. The third-order valence-electron chi connectivity index (χ3n) is 3.90. The molecule has 5 nitrogen and oxygen atoms in total. The number of carbonyl (C=O) groups is 1. The van der Waals surface area contributed by atoms with E-state index in [1.54, 1.807) is 35.0 Å². The molecule has 1 aromatic heterocycles. The standard InChI is InChI=1S/C18H19N3O2S/c1-20-15-9-8-14(10-16(15)21(2)18(20)23)19-17(22)12-24-11-13-6-4-3-5-7-13/h3-10H,11-12H2,1-2H3,(H,19,22). The van der Waals surface area contributed by atoms with Crippen LogP contribution in [0.4, 0.5) is 5.69 Å². The van der Waals surface area contributed by atoms with Crippen molar-refractivity contribution in [1.82, 2.24) is 9.13 Å². The van der Waals surface area contributed by atoms with E-state index in [9.17, 15) is 9.59 Å². The quantitative estimate of drug-likeness (QED) is 0.776. The maximum Gasteiger partial charge on any atom is 0.328 e. The van der Waals surface area contributed by atoms with Gasteiger partial charge in [0, 0.05) is 25.5 Å². The number of benzene rings is 2. The molecule has 0 atom stereocenters. The molecule has 6 heteroatoms. The summed E-state index contributed by atoms with van der Waals surface area (Å²) >= 11 is 1.58. The number of rotatable bonds is 5. The van der Waals surface area contributed by atoms with Gasteiger partial charge in [-0.2, -0.15) is 0 Å². The minimum atomic E-state index is -0.0770. The summed E-state index contributed by atoms with van der Waals surface area (Å²) in [5.74, 6) is 1.15. The van der Waals surface area contributed by atoms with E-state index in [2.05, 4.69) is 17.4 Å². The van der Waals surface area contributed by atoms with Crippen LogP contribution in [0.5, 0.6) is 0 Å². The summed E-state index contributed by atoms with van der Waals surface area (Å²) < 4.78 is 3.17. The summed E-state index contributed by atoms with van der Waals surface area (Å²) in [7, 11) is 3.47. The SMILES string of the molecule is Cn1c(=O)n(C)c2cc(NC(=O)CSCc3ccccc3)ccc21. The van der Waals surface area contributed by atoms with Crippen LogP contribution in [-0.4, -0.2) is 20.8 Å². The highest BCUT2D eigenvalue weighted by molar-refractivity contribution is 7.99. The summed E-state index contributed by atoms with van der Waals surface area (Å²) in [5, 5.41) is 2.89. The number of imidazole rings is 1. The van der Waals surface area contributed by atoms with Gasteiger partial charge in [0.15, 0.2) is 0 Å². The first kappa shape index (κ1) is 16.4. The zero-order valence-electron chi connectivity index (χ0n) is 13.7. The molecular weight excluding hydrogens is 322 g/mol. The van der Waals surface area contributed by atoms with E-state index in [0.29, 0.717) is 11.4 Å². The first-order valence-corrected chi connectivity index (χ1v) is 8.78. The number of nitrogens with zero attached hydrogens (tertiary/aromatic N) is 2. The number of nitrogens with one attached hydrogen (secondary N) is 1. The third kappa shape index (κ3) is 3.38. The Morgan fingerprint density at radius 2 is 1.75 bits per heavy atom. The van der Waals surface area contributed by atoms with Gasteiger partial charge < -0.3 is 5.32 Å². The van der Waals surface area contributed by atoms with Crippen molar-refractivity contribution in [3.05, 3.63) is 64.6 Å². The molecule has 0 bridgehead atoms. The van der Waals surface area contributed by atoms with E-state index < -0.39 is 0 Å². The lowest BCUT2D eigenvalue weighted by Crippen LogP contribution is -2.19. The summed E-state index contributed by atoms with van der Waals surface area (Å²) in [6, 6.07) is 15.6. The summed E-state index contributed by atoms with van der Waals surface area (Å²) in [4.78, 5) is 24.0. The average Bonchev–Trinajstić information content (AvgIpc) is 2.80. The normalized spacial score (nSPS) is 10.9. The Bertz CT molecular complexity index is 929. The van der Waals surface area contributed by atoms with Gasteiger partial charge in [0.1, 0.15) is 0 Å². The highest BCUT2D eigenvalue weighted by atomic mass is 32.2. The zero-order chi connectivity index (χ0) is 17.1. The van der Waals surface area contributed by atoms with Crippen LogP contribution in [0.15, 0.2) is 53.3 Å². The smallest absolute Gasteiger partial charge is 0.325 e. The van der Waals surface area contributed by atoms with Crippen LogP contribution in [0, 0.1) is 0 Å². The lowest BCUT2D eigenvalue weighted by atomic mass is 10.2. The van der Waals surface area contributed by atoms with Crippen LogP contribution < -0.4 is 11.0 Å². The first-order valence-electron chi connectivity index (χ1n) is 7.63. The molecule has 0 aliphatic rings. The van der Waals surface area contributed by atoms with Gasteiger partial charge in [-0.3, -0.25) is 13.9 Å². The Labute approximate surface area is 144 Å². The molecule has 1 heterocycles. The van der Waals surface area contributed by atoms with Crippen LogP contribution in [0.25, 0.3) is 11.0 Å². The van der Waals surface area contributed by atoms with Crippen molar-refractivity contribution in [3.8, 4) is 0 Å². The second-order valence-electron chi connectivity index (χ2n) is 5.63. The number of fused-ring (bicyclic) bond motifs is 1. The van der Waals surface area contributed by atoms with Crippen LogP contribution in [0.3, 0.4) is 0 Å². The topological polar surface area (TPSA) is 56.0 Å². The van der Waals surface area contributed by atoms with E-state index in [0.717, 1.165) is 16.8 Å². The molecule has 3 aromatic rings. The molecule has 1 amide bonds. The molecule has 0 aliphatic heterocycles. The summed E-state index contributed by atoms with van der Waals surface area (Å²) in [6.07, 6.45) is 0. The van der Waals surface area contributed by atoms with Gasteiger partial charge in [0.25, 0.3) is 0 Å². The van der Waals surface area contributed by atoms with Gasteiger partial charge in [-0.05, 0) is 23.8 Å². The van der Waals surface area contributed by atoms with Crippen molar-refractivity contribution in [2.24, 2.45) is 14.1 Å². The summed E-state index contributed by atoms with van der Waals surface area (Å²) in [6.45, 7) is 0. The van der Waals surface area contributed by atoms with E-state index >= 15 is 0 Å². The van der Waals surface area contributed by atoms with Gasteiger partial charge in [-0.1, -0.05) is 30.3 Å². The fraction of sp³-hybridized carbons (Fsp3) is 0.222. The second kappa shape index (κ2) is 6.97. The van der Waals surface area contributed by atoms with E-state index in [-0.39, 0.29) is 11.6 Å². The molecule has 0 unspecified atom stereocenters. The van der Waals surface area contributed by atoms with Crippen molar-refractivity contribution in [2.75, 3.05) is 11.1 Å². The minimum Gasteiger partial charge on any atom is -0.325 e. The number of hydrogen-bond acceptors (Lipinski definition) is 3. The predicted octanol–water partition coefficient (Wildman–Crippen LogP) is 2.75. The van der Waals surface area contributed by atoms with Crippen molar-refractivity contribution < 1.29 is 4.79 Å². The minimum absolute atomic E-state index is 0.0452. The van der Waals surface area contributed by atoms with E-state index in [1.807, 2.05) is 36.4 Å². The zero-order valence-corrected chi connectivity index (χ0v) is 14.5. The number of aromatic nitrogens is 2. The van der Waals surface area contributed by atoms with Gasteiger partial charge in [0.2, 0.25) is 5.91 Å². The number of hydrogen-bond donors (Lipinski definition) is 1. The van der Waals surface area contributed by atoms with Crippen LogP contribution in [-0.2, 0) is 24.6 Å². The molecule has 2 aromatic carbocycles. The van der Waals surface area contributed by atoms with Crippen LogP contribution >= 0.6 is 11.8 Å². The lowest BCUT2D eigenvalue weighted by molar-refractivity contribution is -0.113. The molecule has 124 valence electrons. The molecule has 24 heavy (non-hydrogen) atoms. The Morgan fingerprint density at radius 1 is 1.04 bits per heavy atom. The first-order chi connectivity index (χ1) is 11.6. The maximum atomic E-state index is 12.1. The molecule has 0 spiro atoms. The highest BCUT2D eigenvalue weighted by Gasteiger charge is 2.09. The van der Waals surface area contributed by atoms with Gasteiger partial charge >= 0.3 is 5.69 Å². The Balaban J connectivity index is 1.63. The van der Waals surface area contributed by atoms with E-state index in [4.69, 9.17) is 0 Å². The number of amides is 1. The fourth-order valence-electron chi connectivity index (χ4n) is 2.62. The van der Waals surface area contributed by atoms with Crippen molar-refractivity contribution in [3.63, 3.8) is 0 Å². The monoisotopic (exact) mass is 341 g/mol. The third-order valence-corrected chi connectivity index (χ3v) is 4.90. The Hall–Kier alpha value is -2.47. The molecule has 0 fully saturated rings. The van der Waals surface area contributed by atoms with Crippen LogP contribution in [0.1, 0.15) is 5.56 Å². The van der Waals surface area contributed by atoms with Crippen molar-refractivity contribution in [2.45, 2.75) is 5.75 Å². The second-order valence-corrected chi connectivity index (χ2v) is 6.62. The highest BCUT2D eigenvalue weighted by Crippen LogP contribution is 2.18. The number of anilines is 1. The predicted molar refractivity (Wildman–Crippen MR) is 99.4 cm³/mol. The van der Waals surface area contributed by atoms with Crippen LogP contribution in [0.2, 0.25) is 0 Å². The Morgan fingerprint density at radius 3 is 2.50 bits per heavy atom. The van der Waals surface area contributed by atoms with Crippen molar-refractivity contribution >= 4 is 34.4 Å². The molecular formula is C18H19N3O2S. The largest absolute Gasteiger partial charge is 0.328 e. The number of thioether (sulfide) groups is 1. The molecule has 0 aliphatic carbocycles. The maximum absolute atomic E-state index is 12.1. The molecule has 0 saturated carbocycles. The van der Waals surface area contributed by atoms with Gasteiger partial charge in [-0.15, -0.1) is 11.8 Å².